The first kappa shape index (κ1) is 17.7. The second-order valence-electron chi connectivity index (χ2n) is 6.65. The Kier molecular flexibility index (Phi) is 5.21. The van der Waals surface area contributed by atoms with Gasteiger partial charge in [0.05, 0.1) is 32.4 Å². The Labute approximate surface area is 157 Å². The van der Waals surface area contributed by atoms with Crippen LogP contribution in [0.25, 0.3) is 0 Å². The molecule has 9 heteroatoms. The number of amides is 2. The summed E-state index contributed by atoms with van der Waals surface area (Å²) in [4.78, 5) is 20.4. The average molecular weight is 373 g/mol. The van der Waals surface area contributed by atoms with Gasteiger partial charge in [0.1, 0.15) is 6.61 Å². The van der Waals surface area contributed by atoms with E-state index in [0.717, 1.165) is 37.7 Å². The first-order valence-corrected chi connectivity index (χ1v) is 9.07. The van der Waals surface area contributed by atoms with Crippen molar-refractivity contribution in [3.63, 3.8) is 0 Å². The maximum atomic E-state index is 12.4. The zero-order valence-electron chi connectivity index (χ0n) is 15.3. The minimum absolute atomic E-state index is 0.0114. The zero-order chi connectivity index (χ0) is 18.6. The van der Waals surface area contributed by atoms with E-state index in [2.05, 4.69) is 20.4 Å². The fourth-order valence-electron chi connectivity index (χ4n) is 3.10. The molecule has 0 saturated carbocycles. The van der Waals surface area contributed by atoms with Crippen LogP contribution >= 0.6 is 0 Å². The normalized spacial score (nSPS) is 17.7. The van der Waals surface area contributed by atoms with Crippen LogP contribution in [0.15, 0.2) is 28.8 Å². The van der Waals surface area contributed by atoms with Gasteiger partial charge in [-0.2, -0.15) is 4.98 Å². The molecule has 0 unspecified atom stereocenters. The number of benzene rings is 1. The van der Waals surface area contributed by atoms with E-state index in [9.17, 15) is 4.79 Å². The molecular weight excluding hydrogens is 350 g/mol. The molecule has 4 rings (SSSR count). The number of urea groups is 1. The van der Waals surface area contributed by atoms with Gasteiger partial charge in [-0.05, 0) is 25.1 Å². The predicted molar refractivity (Wildman–Crippen MR) is 97.7 cm³/mol. The van der Waals surface area contributed by atoms with Crippen LogP contribution in [0.2, 0.25) is 0 Å². The Bertz CT molecular complexity index is 784. The number of rotatable bonds is 5. The minimum Gasteiger partial charge on any atom is -0.378 e. The van der Waals surface area contributed by atoms with Crippen molar-refractivity contribution >= 4 is 17.4 Å². The fourth-order valence-corrected chi connectivity index (χ4v) is 3.10. The van der Waals surface area contributed by atoms with Gasteiger partial charge in [0.25, 0.3) is 5.89 Å². The molecule has 1 aromatic carbocycles. The van der Waals surface area contributed by atoms with Crippen LogP contribution in [0.1, 0.15) is 11.7 Å². The third-order valence-corrected chi connectivity index (χ3v) is 4.62. The highest BCUT2D eigenvalue weighted by molar-refractivity contribution is 5.90. The molecule has 0 spiro atoms. The van der Waals surface area contributed by atoms with Gasteiger partial charge in [0.2, 0.25) is 0 Å². The second kappa shape index (κ2) is 7.93. The number of aryl methyl sites for hydroxylation is 1. The summed E-state index contributed by atoms with van der Waals surface area (Å²) in [7, 11) is 0. The molecule has 0 aliphatic carbocycles. The summed E-state index contributed by atoms with van der Waals surface area (Å²) >= 11 is 0. The van der Waals surface area contributed by atoms with Crippen LogP contribution in [0, 0.1) is 6.92 Å². The molecule has 144 valence electrons. The number of nitrogens with one attached hydrogen (secondary N) is 1. The van der Waals surface area contributed by atoms with Crippen molar-refractivity contribution in [1.29, 1.82) is 0 Å². The summed E-state index contributed by atoms with van der Waals surface area (Å²) in [6, 6.07) is 7.77. The molecule has 2 aromatic rings. The first-order valence-electron chi connectivity index (χ1n) is 9.07. The summed E-state index contributed by atoms with van der Waals surface area (Å²) in [6.07, 6.45) is -0.0114. The van der Waals surface area contributed by atoms with Gasteiger partial charge in [-0.15, -0.1) is 0 Å². The number of ether oxygens (including phenoxy) is 2. The van der Waals surface area contributed by atoms with E-state index in [1.807, 2.05) is 24.3 Å². The number of morpholine rings is 1. The molecule has 3 heterocycles. The Hall–Kier alpha value is -2.65. The molecule has 1 N–H and O–H groups in total. The van der Waals surface area contributed by atoms with Crippen molar-refractivity contribution < 1.29 is 18.8 Å². The number of likely N-dealkylation sites (tertiary alicyclic amines) is 1. The van der Waals surface area contributed by atoms with Crippen molar-refractivity contribution in [1.82, 2.24) is 15.0 Å². The lowest BCUT2D eigenvalue weighted by Crippen LogP contribution is -2.56. The van der Waals surface area contributed by atoms with Gasteiger partial charge < -0.3 is 29.1 Å². The number of carbonyl (C=O) groups is 1. The molecular formula is C18H23N5O4. The summed E-state index contributed by atoms with van der Waals surface area (Å²) in [6.45, 7) is 6.30. The van der Waals surface area contributed by atoms with Crippen LogP contribution in [-0.4, -0.2) is 66.6 Å². The smallest absolute Gasteiger partial charge is 0.322 e. The molecule has 27 heavy (non-hydrogen) atoms. The Morgan fingerprint density at radius 1 is 1.33 bits per heavy atom. The van der Waals surface area contributed by atoms with Crippen LogP contribution in [0.4, 0.5) is 16.2 Å². The van der Waals surface area contributed by atoms with E-state index in [-0.39, 0.29) is 18.7 Å². The first-order chi connectivity index (χ1) is 13.2. The molecule has 9 nitrogen and oxygen atoms in total. The van der Waals surface area contributed by atoms with E-state index < -0.39 is 0 Å². The number of hydrogen-bond donors (Lipinski definition) is 1. The highest BCUT2D eigenvalue weighted by Crippen LogP contribution is 2.22. The van der Waals surface area contributed by atoms with Gasteiger partial charge in [0, 0.05) is 24.5 Å². The van der Waals surface area contributed by atoms with Crippen molar-refractivity contribution in [3.8, 4) is 0 Å². The third kappa shape index (κ3) is 4.37. The Morgan fingerprint density at radius 3 is 2.89 bits per heavy atom. The monoisotopic (exact) mass is 373 g/mol. The molecule has 0 atom stereocenters. The number of hydrogen-bond acceptors (Lipinski definition) is 7. The summed E-state index contributed by atoms with van der Waals surface area (Å²) < 4.78 is 16.1. The fraction of sp³-hybridized carbons (Fsp3) is 0.500. The summed E-state index contributed by atoms with van der Waals surface area (Å²) in [5.74, 6) is 1.04. The topological polar surface area (TPSA) is 93.0 Å². The standard InChI is InChI=1S/C18H23N5O4/c1-13-19-17(27-21-13)12-26-16-10-23(11-16)18(24)20-14-3-2-4-15(9-14)22-5-7-25-8-6-22/h2-4,9,16H,5-8,10-12H2,1H3,(H,20,24). The molecule has 2 fully saturated rings. The van der Waals surface area contributed by atoms with Crippen molar-refractivity contribution in [2.75, 3.05) is 49.6 Å². The van der Waals surface area contributed by atoms with Gasteiger partial charge in [-0.3, -0.25) is 0 Å². The maximum Gasteiger partial charge on any atom is 0.322 e. The molecule has 2 amide bonds. The van der Waals surface area contributed by atoms with Gasteiger partial charge >= 0.3 is 6.03 Å². The zero-order valence-corrected chi connectivity index (χ0v) is 15.3. The van der Waals surface area contributed by atoms with Crippen LogP contribution in [-0.2, 0) is 16.1 Å². The average Bonchev–Trinajstić information content (AvgIpc) is 3.06. The number of nitrogens with zero attached hydrogens (tertiary/aromatic N) is 4. The number of anilines is 2. The lowest BCUT2D eigenvalue weighted by atomic mass is 10.2. The van der Waals surface area contributed by atoms with E-state index >= 15 is 0 Å². The molecule has 0 bridgehead atoms. The van der Waals surface area contributed by atoms with Crippen LogP contribution in [0.3, 0.4) is 0 Å². The van der Waals surface area contributed by atoms with Gasteiger partial charge in [0.15, 0.2) is 5.82 Å². The lowest BCUT2D eigenvalue weighted by molar-refractivity contribution is -0.0496. The van der Waals surface area contributed by atoms with E-state index in [0.29, 0.717) is 24.8 Å². The Balaban J connectivity index is 1.24. The van der Waals surface area contributed by atoms with E-state index in [1.54, 1.807) is 11.8 Å². The minimum atomic E-state index is -0.123. The molecule has 2 aliphatic heterocycles. The number of carbonyl (C=O) groups excluding carboxylic acids is 1. The van der Waals surface area contributed by atoms with E-state index in [4.69, 9.17) is 14.0 Å². The van der Waals surface area contributed by atoms with Gasteiger partial charge in [-0.1, -0.05) is 11.2 Å². The maximum absolute atomic E-state index is 12.4. The molecule has 2 aliphatic rings. The highest BCUT2D eigenvalue weighted by Gasteiger charge is 2.31. The SMILES string of the molecule is Cc1noc(COC2CN(C(=O)Nc3cccc(N4CCOCC4)c3)C2)n1. The van der Waals surface area contributed by atoms with Crippen LogP contribution < -0.4 is 10.2 Å². The number of aromatic nitrogens is 2. The predicted octanol–water partition coefficient (Wildman–Crippen LogP) is 1.65. The van der Waals surface area contributed by atoms with Crippen LogP contribution in [0.5, 0.6) is 0 Å². The van der Waals surface area contributed by atoms with Crippen molar-refractivity contribution in [2.45, 2.75) is 19.6 Å². The summed E-state index contributed by atoms with van der Waals surface area (Å²) in [5.41, 5.74) is 1.88. The molecule has 1 aromatic heterocycles. The lowest BCUT2D eigenvalue weighted by Gasteiger charge is -2.38. The second-order valence-corrected chi connectivity index (χ2v) is 6.65. The Morgan fingerprint density at radius 2 is 2.15 bits per heavy atom. The molecule has 0 radical (unpaired) electrons. The summed E-state index contributed by atoms with van der Waals surface area (Å²) in [5, 5.41) is 6.67. The van der Waals surface area contributed by atoms with Crippen molar-refractivity contribution in [2.24, 2.45) is 0 Å². The van der Waals surface area contributed by atoms with Gasteiger partial charge in [-0.25, -0.2) is 4.79 Å². The van der Waals surface area contributed by atoms with E-state index in [1.165, 1.54) is 0 Å². The molecule has 2 saturated heterocycles. The largest absolute Gasteiger partial charge is 0.378 e. The van der Waals surface area contributed by atoms with Crippen molar-refractivity contribution in [3.05, 3.63) is 36.0 Å². The quantitative estimate of drug-likeness (QED) is 0.852. The highest BCUT2D eigenvalue weighted by atomic mass is 16.5. The third-order valence-electron chi connectivity index (χ3n) is 4.62.